The summed E-state index contributed by atoms with van der Waals surface area (Å²) in [6.07, 6.45) is 6.75. The van der Waals surface area contributed by atoms with Gasteiger partial charge in [0.1, 0.15) is 28.4 Å². The van der Waals surface area contributed by atoms with Gasteiger partial charge in [0, 0.05) is 13.1 Å². The second-order valence-electron chi connectivity index (χ2n) is 7.48. The van der Waals surface area contributed by atoms with Crippen LogP contribution in [0.15, 0.2) is 18.5 Å². The lowest BCUT2D eigenvalue weighted by atomic mass is 10.0. The van der Waals surface area contributed by atoms with E-state index in [9.17, 15) is 9.50 Å². The molecule has 0 aliphatic carbocycles. The van der Waals surface area contributed by atoms with E-state index in [0.29, 0.717) is 22.8 Å². The van der Waals surface area contributed by atoms with E-state index >= 15 is 0 Å². The van der Waals surface area contributed by atoms with Crippen molar-refractivity contribution in [1.82, 2.24) is 29.9 Å². The predicted octanol–water partition coefficient (Wildman–Crippen LogP) is 2.36. The number of hydrogen-bond acceptors (Lipinski definition) is 8. The van der Waals surface area contributed by atoms with E-state index in [1.165, 1.54) is 50.2 Å². The number of nitrogens with one attached hydrogen (secondary N) is 2. The summed E-state index contributed by atoms with van der Waals surface area (Å²) in [7, 11) is 3.12. The summed E-state index contributed by atoms with van der Waals surface area (Å²) in [5.74, 6) is 0.0713. The highest BCUT2D eigenvalue weighted by atomic mass is 19.1. The Hall–Kier alpha value is -2.85. The Morgan fingerprint density at radius 2 is 1.93 bits per heavy atom. The largest absolute Gasteiger partial charge is 0.495 e. The van der Waals surface area contributed by atoms with Gasteiger partial charge < -0.3 is 20.5 Å². The lowest BCUT2D eigenvalue weighted by molar-refractivity contribution is 0.0694. The van der Waals surface area contributed by atoms with Gasteiger partial charge in [-0.05, 0) is 39.8 Å². The molecule has 0 aromatic carbocycles. The van der Waals surface area contributed by atoms with Gasteiger partial charge in [-0.25, -0.2) is 23.9 Å². The van der Waals surface area contributed by atoms with Gasteiger partial charge in [0.05, 0.1) is 19.5 Å². The molecule has 3 N–H and O–H groups in total. The molecule has 0 amide bonds. The van der Waals surface area contributed by atoms with E-state index in [1.54, 1.807) is 27.0 Å². The van der Waals surface area contributed by atoms with Crippen LogP contribution in [0.4, 0.5) is 10.3 Å². The van der Waals surface area contributed by atoms with Crippen molar-refractivity contribution in [3.8, 4) is 17.1 Å². The molecule has 0 radical (unpaired) electrons. The third-order valence-corrected chi connectivity index (χ3v) is 4.67. The van der Waals surface area contributed by atoms with Gasteiger partial charge in [-0.1, -0.05) is 6.42 Å². The lowest BCUT2D eigenvalue weighted by Crippen LogP contribution is -2.21. The minimum Gasteiger partial charge on any atom is -0.495 e. The predicted molar refractivity (Wildman–Crippen MR) is 112 cm³/mol. The maximum atomic E-state index is 14.2. The molecule has 0 saturated carbocycles. The Morgan fingerprint density at radius 3 is 2.47 bits per heavy atom. The Balaban J connectivity index is 0.000000367. The normalized spacial score (nSPS) is 14.2. The summed E-state index contributed by atoms with van der Waals surface area (Å²) < 4.78 is 20.9. The van der Waals surface area contributed by atoms with Crippen molar-refractivity contribution in [2.24, 2.45) is 0 Å². The van der Waals surface area contributed by atoms with Crippen molar-refractivity contribution < 1.29 is 14.2 Å². The van der Waals surface area contributed by atoms with Gasteiger partial charge in [0.15, 0.2) is 11.5 Å². The molecule has 0 unspecified atom stereocenters. The number of aromatic nitrogens is 5. The second kappa shape index (κ2) is 9.31. The molecule has 1 fully saturated rings. The van der Waals surface area contributed by atoms with Crippen LogP contribution in [-0.2, 0) is 5.60 Å². The molecule has 3 aromatic heterocycles. The zero-order valence-electron chi connectivity index (χ0n) is 17.7. The van der Waals surface area contributed by atoms with Gasteiger partial charge in [-0.2, -0.15) is 5.10 Å². The molecule has 0 spiro atoms. The molecule has 162 valence electrons. The first-order valence-corrected chi connectivity index (χ1v) is 9.92. The maximum Gasteiger partial charge on any atom is 0.223 e. The van der Waals surface area contributed by atoms with Crippen LogP contribution < -0.4 is 15.4 Å². The van der Waals surface area contributed by atoms with Crippen molar-refractivity contribution >= 4 is 11.6 Å². The summed E-state index contributed by atoms with van der Waals surface area (Å²) in [6, 6.07) is 1.63. The third kappa shape index (κ3) is 4.82. The van der Waals surface area contributed by atoms with E-state index in [4.69, 9.17) is 4.74 Å². The van der Waals surface area contributed by atoms with E-state index in [1.807, 2.05) is 0 Å². The van der Waals surface area contributed by atoms with Gasteiger partial charge >= 0.3 is 0 Å². The Bertz CT molecular complexity index is 985. The molecule has 1 saturated heterocycles. The maximum absolute atomic E-state index is 14.2. The Kier molecular flexibility index (Phi) is 6.78. The minimum absolute atomic E-state index is 0.0567. The quantitative estimate of drug-likeness (QED) is 0.594. The van der Waals surface area contributed by atoms with Gasteiger partial charge in [-0.15, -0.1) is 0 Å². The number of piperidine rings is 1. The van der Waals surface area contributed by atoms with E-state index in [2.05, 4.69) is 30.7 Å². The Labute approximate surface area is 174 Å². The summed E-state index contributed by atoms with van der Waals surface area (Å²) in [5, 5.41) is 20.7. The molecule has 9 nitrogen and oxygen atoms in total. The number of fused-ring (bicyclic) bond motifs is 1. The molecule has 3 aromatic rings. The number of methoxy groups -OCH3 is 1. The molecule has 10 heteroatoms. The minimum atomic E-state index is -1.25. The van der Waals surface area contributed by atoms with Crippen molar-refractivity contribution in [2.75, 3.05) is 32.6 Å². The summed E-state index contributed by atoms with van der Waals surface area (Å²) >= 11 is 0. The van der Waals surface area contributed by atoms with Crippen LogP contribution in [0.2, 0.25) is 0 Å². The SMILES string of the molecule is C1CCNCC1.CNc1ncc(F)c(-c2cnc3cc(OC)c(C(C)(C)O)nn23)n1. The van der Waals surface area contributed by atoms with Crippen LogP contribution in [0.1, 0.15) is 38.8 Å². The fraction of sp³-hybridized carbons (Fsp3) is 0.500. The zero-order chi connectivity index (χ0) is 21.7. The first-order chi connectivity index (χ1) is 14.3. The standard InChI is InChI=1S/C15H17FN6O2.C5H11N/c1-15(2,23)13-10(24-4)5-11-18-7-9(22(11)21-13)12-8(16)6-19-14(17-3)20-12;1-2-4-6-5-3-1/h5-7,23H,1-4H3,(H,17,19,20);6H,1-5H2. The monoisotopic (exact) mass is 417 g/mol. The van der Waals surface area contributed by atoms with E-state index in [-0.39, 0.29) is 11.6 Å². The molecular formula is C20H28FN7O2. The summed E-state index contributed by atoms with van der Waals surface area (Å²) in [5.41, 5.74) is -0.101. The first-order valence-electron chi connectivity index (χ1n) is 9.92. The van der Waals surface area contributed by atoms with E-state index < -0.39 is 11.4 Å². The number of rotatable bonds is 4. The molecule has 0 bridgehead atoms. The first kappa shape index (κ1) is 21.8. The zero-order valence-corrected chi connectivity index (χ0v) is 17.7. The Morgan fingerprint density at radius 1 is 1.20 bits per heavy atom. The van der Waals surface area contributed by atoms with Crippen molar-refractivity contribution in [1.29, 1.82) is 0 Å². The molecule has 1 aliphatic heterocycles. The topological polar surface area (TPSA) is 109 Å². The van der Waals surface area contributed by atoms with Crippen LogP contribution in [0.3, 0.4) is 0 Å². The molecule has 4 heterocycles. The molecule has 4 rings (SSSR count). The molecule has 1 aliphatic rings. The molecule has 30 heavy (non-hydrogen) atoms. The van der Waals surface area contributed by atoms with Crippen LogP contribution >= 0.6 is 0 Å². The van der Waals surface area contributed by atoms with Gasteiger partial charge in [-0.3, -0.25) is 0 Å². The number of nitrogens with zero attached hydrogens (tertiary/aromatic N) is 5. The molecular weight excluding hydrogens is 389 g/mol. The second-order valence-corrected chi connectivity index (χ2v) is 7.48. The average molecular weight is 417 g/mol. The highest BCUT2D eigenvalue weighted by molar-refractivity contribution is 5.62. The van der Waals surface area contributed by atoms with Gasteiger partial charge in [0.25, 0.3) is 0 Å². The number of hydrogen-bond donors (Lipinski definition) is 3. The van der Waals surface area contributed by atoms with E-state index in [0.717, 1.165) is 6.20 Å². The number of ether oxygens (including phenoxy) is 1. The van der Waals surface area contributed by atoms with Crippen molar-refractivity contribution in [3.05, 3.63) is 30.0 Å². The fourth-order valence-corrected chi connectivity index (χ4v) is 3.11. The summed E-state index contributed by atoms with van der Waals surface area (Å²) in [4.78, 5) is 12.2. The molecule has 0 atom stereocenters. The number of anilines is 1. The summed E-state index contributed by atoms with van der Waals surface area (Å²) in [6.45, 7) is 5.68. The fourth-order valence-electron chi connectivity index (χ4n) is 3.11. The van der Waals surface area contributed by atoms with Crippen molar-refractivity contribution in [3.63, 3.8) is 0 Å². The highest BCUT2D eigenvalue weighted by Gasteiger charge is 2.26. The number of imidazole rings is 1. The van der Waals surface area contributed by atoms with Crippen LogP contribution in [0, 0.1) is 5.82 Å². The number of halogens is 1. The van der Waals surface area contributed by atoms with Gasteiger partial charge in [0.2, 0.25) is 5.95 Å². The highest BCUT2D eigenvalue weighted by Crippen LogP contribution is 2.30. The number of aliphatic hydroxyl groups is 1. The third-order valence-electron chi connectivity index (χ3n) is 4.67. The van der Waals surface area contributed by atoms with Crippen LogP contribution in [0.5, 0.6) is 5.75 Å². The van der Waals surface area contributed by atoms with Crippen molar-refractivity contribution in [2.45, 2.75) is 38.7 Å². The average Bonchev–Trinajstić information content (AvgIpc) is 3.17. The lowest BCUT2D eigenvalue weighted by Gasteiger charge is -2.19. The van der Waals surface area contributed by atoms with Crippen LogP contribution in [0.25, 0.3) is 17.0 Å². The van der Waals surface area contributed by atoms with Crippen LogP contribution in [-0.4, -0.2) is 56.9 Å². The smallest absolute Gasteiger partial charge is 0.223 e.